The molecule has 1 fully saturated rings. The fourth-order valence-corrected chi connectivity index (χ4v) is 2.11. The maximum absolute atomic E-state index is 5.64. The topological polar surface area (TPSA) is 27.7 Å². The third kappa shape index (κ3) is 6.18. The van der Waals surface area contributed by atoms with Gasteiger partial charge in [0.2, 0.25) is 0 Å². The van der Waals surface area contributed by atoms with Crippen molar-refractivity contribution in [1.29, 1.82) is 0 Å². The van der Waals surface area contributed by atoms with Crippen LogP contribution >= 0.6 is 15.9 Å². The van der Waals surface area contributed by atoms with Gasteiger partial charge in [-0.1, -0.05) is 28.8 Å². The molecule has 0 aliphatic carbocycles. The van der Waals surface area contributed by atoms with Crippen LogP contribution in [0.3, 0.4) is 0 Å². The van der Waals surface area contributed by atoms with E-state index in [9.17, 15) is 0 Å². The van der Waals surface area contributed by atoms with Gasteiger partial charge in [-0.25, -0.2) is 0 Å². The average molecular weight is 295 g/mol. The van der Waals surface area contributed by atoms with Gasteiger partial charge in [-0.2, -0.15) is 0 Å². The summed E-state index contributed by atoms with van der Waals surface area (Å²) in [6, 6.07) is 0. The molecule has 1 atom stereocenters. The predicted octanol–water partition coefficient (Wildman–Crippen LogP) is 3.11. The lowest BCUT2D eigenvalue weighted by molar-refractivity contribution is -0.145. The van der Waals surface area contributed by atoms with Crippen LogP contribution in [0.15, 0.2) is 0 Å². The summed E-state index contributed by atoms with van der Waals surface area (Å²) in [5.41, 5.74) is 0. The first kappa shape index (κ1) is 14.4. The molecule has 1 aliphatic rings. The summed E-state index contributed by atoms with van der Waals surface area (Å²) >= 11 is 3.43. The van der Waals surface area contributed by atoms with Gasteiger partial charge < -0.3 is 14.2 Å². The average Bonchev–Trinajstić information content (AvgIpc) is 2.57. The van der Waals surface area contributed by atoms with Crippen molar-refractivity contribution in [2.24, 2.45) is 0 Å². The van der Waals surface area contributed by atoms with Gasteiger partial charge in [0.25, 0.3) is 0 Å². The molecule has 1 rings (SSSR count). The Bertz CT molecular complexity index is 185. The standard InChI is InChI=1S/C12H23BrO3/c1-12(2)15-10-11(16-12)9-14-8-6-4-3-5-7-13/h11H,3-10H2,1-2H3. The number of alkyl halides is 1. The van der Waals surface area contributed by atoms with Crippen molar-refractivity contribution in [1.82, 2.24) is 0 Å². The molecule has 3 nitrogen and oxygen atoms in total. The fourth-order valence-electron chi connectivity index (χ4n) is 1.71. The summed E-state index contributed by atoms with van der Waals surface area (Å²) in [4.78, 5) is 0. The monoisotopic (exact) mass is 294 g/mol. The van der Waals surface area contributed by atoms with Gasteiger partial charge in [-0.05, 0) is 26.7 Å². The van der Waals surface area contributed by atoms with Crippen molar-refractivity contribution in [3.05, 3.63) is 0 Å². The molecule has 1 unspecified atom stereocenters. The normalized spacial score (nSPS) is 23.8. The SMILES string of the molecule is CC1(C)OCC(COCCCCCCBr)O1. The summed E-state index contributed by atoms with van der Waals surface area (Å²) in [5, 5.41) is 1.11. The Hall–Kier alpha value is 0.360. The highest BCUT2D eigenvalue weighted by Gasteiger charge is 2.32. The summed E-state index contributed by atoms with van der Waals surface area (Å²) < 4.78 is 16.7. The number of rotatable bonds is 8. The zero-order valence-electron chi connectivity index (χ0n) is 10.3. The van der Waals surface area contributed by atoms with E-state index in [-0.39, 0.29) is 6.10 Å². The highest BCUT2D eigenvalue weighted by atomic mass is 79.9. The first-order chi connectivity index (χ1) is 7.64. The highest BCUT2D eigenvalue weighted by molar-refractivity contribution is 9.09. The predicted molar refractivity (Wildman–Crippen MR) is 68.0 cm³/mol. The first-order valence-corrected chi connectivity index (χ1v) is 7.22. The lowest BCUT2D eigenvalue weighted by Gasteiger charge is -2.17. The second-order valence-corrected chi connectivity index (χ2v) is 5.42. The van der Waals surface area contributed by atoms with Crippen LogP contribution in [0.25, 0.3) is 0 Å². The molecule has 96 valence electrons. The molecule has 4 heteroatoms. The summed E-state index contributed by atoms with van der Waals surface area (Å²) in [7, 11) is 0. The van der Waals surface area contributed by atoms with E-state index in [0.717, 1.165) is 18.4 Å². The zero-order chi connectivity index (χ0) is 11.9. The minimum absolute atomic E-state index is 0.109. The maximum atomic E-state index is 5.64. The van der Waals surface area contributed by atoms with E-state index < -0.39 is 5.79 Å². The summed E-state index contributed by atoms with van der Waals surface area (Å²) in [6.45, 7) is 6.02. The lowest BCUT2D eigenvalue weighted by Crippen LogP contribution is -2.24. The van der Waals surface area contributed by atoms with Crippen molar-refractivity contribution in [2.45, 2.75) is 51.4 Å². The van der Waals surface area contributed by atoms with Crippen LogP contribution in [0.1, 0.15) is 39.5 Å². The van der Waals surface area contributed by atoms with Crippen molar-refractivity contribution < 1.29 is 14.2 Å². The van der Waals surface area contributed by atoms with Gasteiger partial charge in [0.05, 0.1) is 13.2 Å². The molecule has 0 N–H and O–H groups in total. The molecule has 0 saturated carbocycles. The van der Waals surface area contributed by atoms with Crippen molar-refractivity contribution >= 4 is 15.9 Å². The molecule has 0 aromatic rings. The Morgan fingerprint density at radius 1 is 1.25 bits per heavy atom. The minimum Gasteiger partial charge on any atom is -0.379 e. The quantitative estimate of drug-likeness (QED) is 0.509. The van der Waals surface area contributed by atoms with Gasteiger partial charge in [-0.15, -0.1) is 0 Å². The second-order valence-electron chi connectivity index (χ2n) is 4.63. The van der Waals surface area contributed by atoms with E-state index in [1.807, 2.05) is 13.8 Å². The molecule has 1 saturated heterocycles. The molecule has 16 heavy (non-hydrogen) atoms. The van der Waals surface area contributed by atoms with Gasteiger partial charge in [-0.3, -0.25) is 0 Å². The van der Waals surface area contributed by atoms with Crippen LogP contribution < -0.4 is 0 Å². The molecule has 0 bridgehead atoms. The molecular formula is C12H23BrO3. The van der Waals surface area contributed by atoms with E-state index in [0.29, 0.717) is 13.2 Å². The van der Waals surface area contributed by atoms with Crippen molar-refractivity contribution in [3.63, 3.8) is 0 Å². The third-order valence-corrected chi connectivity index (χ3v) is 3.10. The smallest absolute Gasteiger partial charge is 0.163 e. The van der Waals surface area contributed by atoms with E-state index in [1.165, 1.54) is 19.3 Å². The Balaban J connectivity index is 1.88. The van der Waals surface area contributed by atoms with Crippen molar-refractivity contribution in [2.75, 3.05) is 25.2 Å². The molecule has 0 aromatic carbocycles. The number of ether oxygens (including phenoxy) is 3. The third-order valence-electron chi connectivity index (χ3n) is 2.54. The van der Waals surface area contributed by atoms with Gasteiger partial charge in [0.15, 0.2) is 5.79 Å². The maximum Gasteiger partial charge on any atom is 0.163 e. The fraction of sp³-hybridized carbons (Fsp3) is 1.00. The zero-order valence-corrected chi connectivity index (χ0v) is 11.9. The molecule has 0 spiro atoms. The molecule has 1 heterocycles. The van der Waals surface area contributed by atoms with E-state index >= 15 is 0 Å². The van der Waals surface area contributed by atoms with E-state index in [2.05, 4.69) is 15.9 Å². The minimum atomic E-state index is -0.427. The molecule has 0 amide bonds. The van der Waals surface area contributed by atoms with Gasteiger partial charge in [0.1, 0.15) is 6.10 Å². The van der Waals surface area contributed by atoms with Crippen LogP contribution in [0.4, 0.5) is 0 Å². The Kier molecular flexibility index (Phi) is 6.89. The number of hydrogen-bond acceptors (Lipinski definition) is 3. The van der Waals surface area contributed by atoms with E-state index in [1.54, 1.807) is 0 Å². The van der Waals surface area contributed by atoms with Crippen LogP contribution in [-0.4, -0.2) is 37.0 Å². The lowest BCUT2D eigenvalue weighted by atomic mass is 10.2. The largest absolute Gasteiger partial charge is 0.379 e. The van der Waals surface area contributed by atoms with Crippen LogP contribution in [0.5, 0.6) is 0 Å². The Morgan fingerprint density at radius 3 is 2.62 bits per heavy atom. The molecule has 0 aromatic heterocycles. The van der Waals surface area contributed by atoms with Crippen LogP contribution in [0, 0.1) is 0 Å². The number of hydrogen-bond donors (Lipinski definition) is 0. The number of unbranched alkanes of at least 4 members (excludes halogenated alkanes) is 3. The van der Waals surface area contributed by atoms with Gasteiger partial charge >= 0.3 is 0 Å². The highest BCUT2D eigenvalue weighted by Crippen LogP contribution is 2.22. The van der Waals surface area contributed by atoms with Crippen molar-refractivity contribution in [3.8, 4) is 0 Å². The summed E-state index contributed by atoms with van der Waals surface area (Å²) in [6.07, 6.45) is 5.04. The summed E-state index contributed by atoms with van der Waals surface area (Å²) in [5.74, 6) is -0.427. The molecular weight excluding hydrogens is 272 g/mol. The van der Waals surface area contributed by atoms with Gasteiger partial charge in [0, 0.05) is 11.9 Å². The Labute approximate surface area is 107 Å². The first-order valence-electron chi connectivity index (χ1n) is 6.09. The van der Waals surface area contributed by atoms with E-state index in [4.69, 9.17) is 14.2 Å². The Morgan fingerprint density at radius 2 is 2.00 bits per heavy atom. The van der Waals surface area contributed by atoms with Crippen LogP contribution in [-0.2, 0) is 14.2 Å². The number of halogens is 1. The molecule has 1 aliphatic heterocycles. The van der Waals surface area contributed by atoms with Crippen LogP contribution in [0.2, 0.25) is 0 Å². The molecule has 0 radical (unpaired) electrons. The second kappa shape index (κ2) is 7.64.